The number of halogens is 2. The fourth-order valence-corrected chi connectivity index (χ4v) is 1.36. The lowest BCUT2D eigenvalue weighted by Crippen LogP contribution is -2.40. The maximum absolute atomic E-state index is 10.5. The first-order valence-electron chi connectivity index (χ1n) is 2.28. The van der Waals surface area contributed by atoms with E-state index in [9.17, 15) is 4.79 Å². The monoisotopic (exact) mass is 183 g/mol. The Morgan fingerprint density at radius 3 is 2.33 bits per heavy atom. The molecule has 0 bridgehead atoms. The summed E-state index contributed by atoms with van der Waals surface area (Å²) in [4.78, 5) is 12.8. The SMILES string of the molecule is C=CC(=O)N[Si](C)(Cl)Cl. The molecule has 0 fully saturated rings. The van der Waals surface area contributed by atoms with E-state index in [4.69, 9.17) is 22.2 Å². The highest BCUT2D eigenvalue weighted by atomic mass is 35.7. The van der Waals surface area contributed by atoms with Crippen LogP contribution in [-0.4, -0.2) is 12.8 Å². The van der Waals surface area contributed by atoms with Crippen LogP contribution in [0, 0.1) is 0 Å². The van der Waals surface area contributed by atoms with Crippen LogP contribution < -0.4 is 4.98 Å². The van der Waals surface area contributed by atoms with E-state index >= 15 is 0 Å². The van der Waals surface area contributed by atoms with Crippen molar-refractivity contribution in [3.8, 4) is 0 Å². The Balaban J connectivity index is 3.74. The fraction of sp³-hybridized carbons (Fsp3) is 0.250. The number of carbonyl (C=O) groups excluding carboxylic acids is 1. The highest BCUT2D eigenvalue weighted by molar-refractivity contribution is 7.44. The molecule has 0 aliphatic carbocycles. The van der Waals surface area contributed by atoms with Crippen molar-refractivity contribution in [1.29, 1.82) is 0 Å². The second-order valence-electron chi connectivity index (χ2n) is 1.58. The van der Waals surface area contributed by atoms with Crippen LogP contribution in [0.1, 0.15) is 0 Å². The minimum atomic E-state index is -2.47. The van der Waals surface area contributed by atoms with Crippen molar-refractivity contribution in [3.63, 3.8) is 0 Å². The Morgan fingerprint density at radius 1 is 1.78 bits per heavy atom. The van der Waals surface area contributed by atoms with Gasteiger partial charge in [-0.2, -0.15) is 0 Å². The minimum Gasteiger partial charge on any atom is -0.354 e. The first kappa shape index (κ1) is 9.01. The van der Waals surface area contributed by atoms with Crippen molar-refractivity contribution in [3.05, 3.63) is 12.7 Å². The average Bonchev–Trinajstić information content (AvgIpc) is 1.62. The van der Waals surface area contributed by atoms with Crippen molar-refractivity contribution < 1.29 is 4.79 Å². The Labute approximate surface area is 64.3 Å². The van der Waals surface area contributed by atoms with E-state index in [1.807, 2.05) is 0 Å². The molecule has 0 aliphatic rings. The van der Waals surface area contributed by atoms with Crippen LogP contribution in [0.4, 0.5) is 0 Å². The van der Waals surface area contributed by atoms with Gasteiger partial charge in [0.05, 0.1) is 0 Å². The summed E-state index contributed by atoms with van der Waals surface area (Å²) in [5.41, 5.74) is 0. The van der Waals surface area contributed by atoms with Crippen molar-refractivity contribution in [2.45, 2.75) is 6.55 Å². The van der Waals surface area contributed by atoms with E-state index in [2.05, 4.69) is 11.6 Å². The van der Waals surface area contributed by atoms with Gasteiger partial charge in [-0.25, -0.2) is 0 Å². The molecule has 9 heavy (non-hydrogen) atoms. The van der Waals surface area contributed by atoms with Gasteiger partial charge in [-0.3, -0.25) is 4.79 Å². The second-order valence-corrected chi connectivity index (χ2v) is 8.72. The first-order valence-corrected chi connectivity index (χ1v) is 6.80. The summed E-state index contributed by atoms with van der Waals surface area (Å²) < 4.78 is 0. The highest BCUT2D eigenvalue weighted by Gasteiger charge is 2.22. The quantitative estimate of drug-likeness (QED) is 0.391. The molecule has 0 aromatic heterocycles. The predicted molar refractivity (Wildman–Crippen MR) is 41.7 cm³/mol. The molecule has 2 nitrogen and oxygen atoms in total. The van der Waals surface area contributed by atoms with E-state index in [-0.39, 0.29) is 5.91 Å². The fourth-order valence-electron chi connectivity index (χ4n) is 0.267. The Bertz CT molecular complexity index is 131. The van der Waals surface area contributed by atoms with Gasteiger partial charge in [0, 0.05) is 0 Å². The number of hydrogen-bond acceptors (Lipinski definition) is 1. The minimum absolute atomic E-state index is 0.325. The molecule has 0 unspecified atom stereocenters. The Hall–Kier alpha value is 0.00688. The summed E-state index contributed by atoms with van der Waals surface area (Å²) in [6, 6.07) is 0. The molecule has 1 amide bonds. The number of amides is 1. The Morgan fingerprint density at radius 2 is 2.22 bits per heavy atom. The summed E-state index contributed by atoms with van der Waals surface area (Å²) in [5, 5.41) is 0. The van der Waals surface area contributed by atoms with Crippen LogP contribution >= 0.6 is 22.2 Å². The van der Waals surface area contributed by atoms with E-state index < -0.39 is 6.86 Å². The summed E-state index contributed by atoms with van der Waals surface area (Å²) in [7, 11) is 0. The van der Waals surface area contributed by atoms with Gasteiger partial charge < -0.3 is 4.98 Å². The van der Waals surface area contributed by atoms with Crippen LogP contribution in [0.15, 0.2) is 12.7 Å². The lowest BCUT2D eigenvalue weighted by molar-refractivity contribution is -0.115. The van der Waals surface area contributed by atoms with Gasteiger partial charge in [0.25, 0.3) is 0 Å². The lowest BCUT2D eigenvalue weighted by Gasteiger charge is -2.09. The third kappa shape index (κ3) is 5.88. The number of nitrogens with one attached hydrogen (secondary N) is 1. The lowest BCUT2D eigenvalue weighted by atomic mass is 10.6. The molecule has 0 saturated heterocycles. The molecular formula is C4H7Cl2NOSi. The van der Waals surface area contributed by atoms with Crippen LogP contribution in [-0.2, 0) is 4.79 Å². The molecule has 0 aromatic rings. The first-order chi connectivity index (χ1) is 3.95. The summed E-state index contributed by atoms with van der Waals surface area (Å²) in [5.74, 6) is -0.325. The van der Waals surface area contributed by atoms with Crippen molar-refractivity contribution in [2.24, 2.45) is 0 Å². The molecule has 0 rings (SSSR count). The maximum atomic E-state index is 10.5. The number of hydrogen-bond donors (Lipinski definition) is 1. The van der Waals surface area contributed by atoms with Gasteiger partial charge in [-0.15, -0.1) is 22.2 Å². The molecule has 0 saturated carbocycles. The second kappa shape index (κ2) is 3.24. The van der Waals surface area contributed by atoms with E-state index in [0.717, 1.165) is 6.08 Å². The standard InChI is InChI=1S/C4H7Cl2NOSi/c1-3-4(8)7-9(2,5)6/h3H,1H2,2H3,(H,7,8). The smallest absolute Gasteiger partial charge is 0.349 e. The van der Waals surface area contributed by atoms with Gasteiger partial charge in [0.1, 0.15) is 0 Å². The van der Waals surface area contributed by atoms with E-state index in [0.29, 0.717) is 0 Å². The average molecular weight is 184 g/mol. The summed E-state index contributed by atoms with van der Waals surface area (Å²) >= 11 is 11.1. The zero-order chi connectivity index (χ0) is 7.49. The molecule has 52 valence electrons. The Kier molecular flexibility index (Phi) is 3.25. The molecular weight excluding hydrogens is 177 g/mol. The zero-order valence-corrected chi connectivity index (χ0v) is 7.46. The molecule has 0 heterocycles. The van der Waals surface area contributed by atoms with E-state index in [1.165, 1.54) is 0 Å². The third-order valence-electron chi connectivity index (χ3n) is 0.528. The van der Waals surface area contributed by atoms with Crippen LogP contribution in [0.3, 0.4) is 0 Å². The number of rotatable bonds is 2. The molecule has 0 atom stereocenters. The van der Waals surface area contributed by atoms with Crippen LogP contribution in [0.2, 0.25) is 6.55 Å². The van der Waals surface area contributed by atoms with Gasteiger partial charge in [-0.05, 0) is 12.6 Å². The molecule has 0 aromatic carbocycles. The normalized spacial score (nSPS) is 10.6. The maximum Gasteiger partial charge on any atom is 0.349 e. The van der Waals surface area contributed by atoms with Crippen molar-refractivity contribution >= 4 is 34.9 Å². The van der Waals surface area contributed by atoms with Crippen LogP contribution in [0.5, 0.6) is 0 Å². The predicted octanol–water partition coefficient (Wildman–Crippen LogP) is 1.33. The van der Waals surface area contributed by atoms with Gasteiger partial charge in [-0.1, -0.05) is 6.58 Å². The van der Waals surface area contributed by atoms with Gasteiger partial charge in [0.2, 0.25) is 5.91 Å². The molecule has 0 radical (unpaired) electrons. The molecule has 5 heteroatoms. The highest BCUT2D eigenvalue weighted by Crippen LogP contribution is 2.08. The zero-order valence-electron chi connectivity index (χ0n) is 4.95. The summed E-state index contributed by atoms with van der Waals surface area (Å²) in [6.45, 7) is 2.36. The van der Waals surface area contributed by atoms with Gasteiger partial charge >= 0.3 is 6.86 Å². The molecule has 0 spiro atoms. The van der Waals surface area contributed by atoms with Crippen molar-refractivity contribution in [2.75, 3.05) is 0 Å². The third-order valence-corrected chi connectivity index (χ3v) is 1.78. The largest absolute Gasteiger partial charge is 0.354 e. The van der Waals surface area contributed by atoms with Gasteiger partial charge in [0.15, 0.2) is 0 Å². The van der Waals surface area contributed by atoms with Crippen LogP contribution in [0.25, 0.3) is 0 Å². The molecule has 1 N–H and O–H groups in total. The van der Waals surface area contributed by atoms with Crippen molar-refractivity contribution in [1.82, 2.24) is 4.98 Å². The topological polar surface area (TPSA) is 29.1 Å². The number of carbonyl (C=O) groups is 1. The van der Waals surface area contributed by atoms with E-state index in [1.54, 1.807) is 6.55 Å². The molecule has 0 aliphatic heterocycles. The summed E-state index contributed by atoms with van der Waals surface area (Å²) in [6.07, 6.45) is 1.13.